The minimum Gasteiger partial charge on any atom is -0.330 e. The van der Waals surface area contributed by atoms with Gasteiger partial charge in [-0.05, 0) is 49.5 Å². The first-order valence-corrected chi connectivity index (χ1v) is 4.43. The molecular formula is C9H17N. The van der Waals surface area contributed by atoms with Crippen molar-refractivity contribution in [1.82, 2.24) is 0 Å². The molecule has 2 N–H and O–H groups in total. The smallest absolute Gasteiger partial charge is 0.00718 e. The van der Waals surface area contributed by atoms with Crippen LogP contribution in [0.3, 0.4) is 0 Å². The van der Waals surface area contributed by atoms with Gasteiger partial charge in [0.1, 0.15) is 0 Å². The van der Waals surface area contributed by atoms with Gasteiger partial charge < -0.3 is 5.73 Å². The second-order valence-corrected chi connectivity index (χ2v) is 4.38. The molecule has 0 atom stereocenters. The normalized spacial score (nSPS) is 51.0. The summed E-state index contributed by atoms with van der Waals surface area (Å²) >= 11 is 0. The molecule has 2 saturated carbocycles. The molecule has 0 saturated heterocycles. The lowest BCUT2D eigenvalue weighted by Gasteiger charge is -2.67. The van der Waals surface area contributed by atoms with Crippen molar-refractivity contribution in [3.63, 3.8) is 0 Å². The number of nitrogens with two attached hydrogens (primary N) is 1. The summed E-state index contributed by atoms with van der Waals surface area (Å²) in [6, 6.07) is 0. The van der Waals surface area contributed by atoms with Crippen molar-refractivity contribution in [3.05, 3.63) is 0 Å². The second kappa shape index (κ2) is 1.76. The van der Waals surface area contributed by atoms with Gasteiger partial charge in [-0.3, -0.25) is 0 Å². The van der Waals surface area contributed by atoms with E-state index in [1.165, 1.54) is 32.1 Å². The Morgan fingerprint density at radius 1 is 1.20 bits per heavy atom. The molecule has 0 aromatic heterocycles. The summed E-state index contributed by atoms with van der Waals surface area (Å²) in [5.41, 5.74) is 7.03. The molecule has 0 aliphatic heterocycles. The van der Waals surface area contributed by atoms with Gasteiger partial charge in [0.2, 0.25) is 0 Å². The zero-order valence-corrected chi connectivity index (χ0v) is 6.82. The SMILES string of the molecule is CC12CCC1(CCN)CC2. The maximum atomic E-state index is 5.58. The maximum absolute atomic E-state index is 5.58. The summed E-state index contributed by atoms with van der Waals surface area (Å²) in [5, 5.41) is 0. The van der Waals surface area contributed by atoms with E-state index < -0.39 is 0 Å². The van der Waals surface area contributed by atoms with Gasteiger partial charge in [-0.15, -0.1) is 0 Å². The average molecular weight is 139 g/mol. The van der Waals surface area contributed by atoms with Crippen LogP contribution in [0.2, 0.25) is 0 Å². The first kappa shape index (κ1) is 6.66. The van der Waals surface area contributed by atoms with Crippen molar-refractivity contribution >= 4 is 0 Å². The van der Waals surface area contributed by atoms with Gasteiger partial charge in [0.25, 0.3) is 0 Å². The number of fused-ring (bicyclic) bond motifs is 1. The van der Waals surface area contributed by atoms with Crippen LogP contribution in [-0.2, 0) is 0 Å². The van der Waals surface area contributed by atoms with Gasteiger partial charge in [-0.25, -0.2) is 0 Å². The van der Waals surface area contributed by atoms with Crippen molar-refractivity contribution in [1.29, 1.82) is 0 Å². The molecule has 58 valence electrons. The quantitative estimate of drug-likeness (QED) is 0.621. The van der Waals surface area contributed by atoms with Crippen LogP contribution >= 0.6 is 0 Å². The van der Waals surface area contributed by atoms with E-state index in [-0.39, 0.29) is 0 Å². The highest BCUT2D eigenvalue weighted by Gasteiger charge is 2.61. The maximum Gasteiger partial charge on any atom is -0.00718 e. The Morgan fingerprint density at radius 3 is 1.90 bits per heavy atom. The van der Waals surface area contributed by atoms with E-state index in [2.05, 4.69) is 6.92 Å². The van der Waals surface area contributed by atoms with Gasteiger partial charge in [0.15, 0.2) is 0 Å². The number of hydrogen-bond acceptors (Lipinski definition) is 1. The van der Waals surface area contributed by atoms with Crippen LogP contribution in [-0.4, -0.2) is 6.54 Å². The predicted molar refractivity (Wildman–Crippen MR) is 42.7 cm³/mol. The van der Waals surface area contributed by atoms with Gasteiger partial charge in [-0.2, -0.15) is 0 Å². The van der Waals surface area contributed by atoms with Gasteiger partial charge in [-0.1, -0.05) is 6.92 Å². The fourth-order valence-corrected chi connectivity index (χ4v) is 2.89. The largest absolute Gasteiger partial charge is 0.330 e. The summed E-state index contributed by atoms with van der Waals surface area (Å²) in [6.45, 7) is 3.34. The molecule has 0 aromatic rings. The summed E-state index contributed by atoms with van der Waals surface area (Å²) in [7, 11) is 0. The summed E-state index contributed by atoms with van der Waals surface area (Å²) < 4.78 is 0. The Morgan fingerprint density at radius 2 is 1.80 bits per heavy atom. The third kappa shape index (κ3) is 0.531. The van der Waals surface area contributed by atoms with Gasteiger partial charge in [0, 0.05) is 0 Å². The highest BCUT2D eigenvalue weighted by Crippen LogP contribution is 2.71. The van der Waals surface area contributed by atoms with Crippen molar-refractivity contribution in [2.24, 2.45) is 16.6 Å². The molecule has 2 rings (SSSR count). The second-order valence-electron chi connectivity index (χ2n) is 4.38. The minimum absolute atomic E-state index is 0.724. The van der Waals surface area contributed by atoms with E-state index in [9.17, 15) is 0 Å². The van der Waals surface area contributed by atoms with Crippen molar-refractivity contribution in [3.8, 4) is 0 Å². The minimum atomic E-state index is 0.724. The lowest BCUT2D eigenvalue weighted by Crippen LogP contribution is -2.58. The average Bonchev–Trinajstić information content (AvgIpc) is 1.96. The van der Waals surface area contributed by atoms with Crippen LogP contribution in [0.15, 0.2) is 0 Å². The number of hydrogen-bond donors (Lipinski definition) is 1. The lowest BCUT2D eigenvalue weighted by molar-refractivity contribution is -0.168. The predicted octanol–water partition coefficient (Wildman–Crippen LogP) is 1.92. The monoisotopic (exact) mass is 139 g/mol. The summed E-state index contributed by atoms with van der Waals surface area (Å²) in [5.74, 6) is 0. The molecule has 0 heterocycles. The van der Waals surface area contributed by atoms with E-state index >= 15 is 0 Å². The molecule has 1 nitrogen and oxygen atoms in total. The highest BCUT2D eigenvalue weighted by atomic mass is 14.7. The molecule has 2 fully saturated rings. The molecule has 0 bridgehead atoms. The Labute approximate surface area is 63.0 Å². The lowest BCUT2D eigenvalue weighted by atomic mass is 9.38. The molecule has 0 radical (unpaired) electrons. The summed E-state index contributed by atoms with van der Waals surface area (Å²) in [6.07, 6.45) is 7.13. The van der Waals surface area contributed by atoms with E-state index in [4.69, 9.17) is 5.73 Å². The molecule has 2 aliphatic rings. The molecular weight excluding hydrogens is 122 g/mol. The third-order valence-electron chi connectivity index (χ3n) is 4.21. The molecule has 0 spiro atoms. The Bertz CT molecular complexity index is 143. The molecule has 0 unspecified atom stereocenters. The van der Waals surface area contributed by atoms with Crippen LogP contribution in [0, 0.1) is 10.8 Å². The Hall–Kier alpha value is -0.0400. The topological polar surface area (TPSA) is 26.0 Å². The fraction of sp³-hybridized carbons (Fsp3) is 1.00. The molecule has 1 heteroatoms. The molecule has 2 aliphatic carbocycles. The first-order chi connectivity index (χ1) is 4.72. The van der Waals surface area contributed by atoms with Crippen LogP contribution < -0.4 is 5.73 Å². The van der Waals surface area contributed by atoms with Crippen molar-refractivity contribution in [2.75, 3.05) is 6.54 Å². The summed E-state index contributed by atoms with van der Waals surface area (Å²) in [4.78, 5) is 0. The molecule has 0 amide bonds. The highest BCUT2D eigenvalue weighted by molar-refractivity contribution is 5.11. The van der Waals surface area contributed by atoms with E-state index in [0.29, 0.717) is 0 Å². The van der Waals surface area contributed by atoms with Gasteiger partial charge in [0.05, 0.1) is 0 Å². The molecule has 0 aromatic carbocycles. The van der Waals surface area contributed by atoms with Crippen LogP contribution in [0.25, 0.3) is 0 Å². The number of rotatable bonds is 2. The Kier molecular flexibility index (Phi) is 1.17. The van der Waals surface area contributed by atoms with Gasteiger partial charge >= 0.3 is 0 Å². The third-order valence-corrected chi connectivity index (χ3v) is 4.21. The van der Waals surface area contributed by atoms with E-state index in [0.717, 1.165) is 17.4 Å². The van der Waals surface area contributed by atoms with Crippen LogP contribution in [0.1, 0.15) is 39.0 Å². The molecule has 10 heavy (non-hydrogen) atoms. The van der Waals surface area contributed by atoms with E-state index in [1.54, 1.807) is 0 Å². The van der Waals surface area contributed by atoms with Crippen molar-refractivity contribution < 1.29 is 0 Å². The fourth-order valence-electron chi connectivity index (χ4n) is 2.89. The Balaban J connectivity index is 2.04. The van der Waals surface area contributed by atoms with E-state index in [1.807, 2.05) is 0 Å². The standard InChI is InChI=1S/C9H17N/c1-8-2-4-9(8,5-3-8)6-7-10/h2-7,10H2,1H3. The first-order valence-electron chi connectivity index (χ1n) is 4.43. The zero-order valence-electron chi connectivity index (χ0n) is 6.82. The van der Waals surface area contributed by atoms with Crippen LogP contribution in [0.5, 0.6) is 0 Å². The van der Waals surface area contributed by atoms with Crippen molar-refractivity contribution in [2.45, 2.75) is 39.0 Å². The van der Waals surface area contributed by atoms with Crippen LogP contribution in [0.4, 0.5) is 0 Å². The zero-order chi connectivity index (χ0) is 7.24.